The predicted molar refractivity (Wildman–Crippen MR) is 254 cm³/mol. The number of ether oxygens (including phenoxy) is 4. The van der Waals surface area contributed by atoms with E-state index in [0.29, 0.717) is 51.1 Å². The number of piperazine rings is 1. The Labute approximate surface area is 394 Å². The van der Waals surface area contributed by atoms with Crippen molar-refractivity contribution in [3.63, 3.8) is 0 Å². The van der Waals surface area contributed by atoms with E-state index in [1.165, 1.54) is 7.11 Å². The van der Waals surface area contributed by atoms with Gasteiger partial charge in [-0.1, -0.05) is 71.4 Å². The summed E-state index contributed by atoms with van der Waals surface area (Å²) in [4.78, 5) is 88.7. The van der Waals surface area contributed by atoms with Gasteiger partial charge in [-0.2, -0.15) is 0 Å². The lowest BCUT2D eigenvalue weighted by molar-refractivity contribution is -0.147. The number of carbonyl (C=O) groups excluding carboxylic acids is 5. The molecule has 4 amide bonds. The highest BCUT2D eigenvalue weighted by Crippen LogP contribution is 2.46. The number of carbonyl (C=O) groups is 5. The molecule has 2 fully saturated rings. The summed E-state index contributed by atoms with van der Waals surface area (Å²) in [6.45, 7) is 17.9. The molecule has 1 aromatic rings. The van der Waals surface area contributed by atoms with Gasteiger partial charge in [-0.25, -0.2) is 4.79 Å². The van der Waals surface area contributed by atoms with Gasteiger partial charge in [0.15, 0.2) is 0 Å². The molecule has 376 valence electrons. The van der Waals surface area contributed by atoms with Crippen LogP contribution in [0.15, 0.2) is 30.3 Å². The van der Waals surface area contributed by atoms with Crippen LogP contribution in [0, 0.1) is 17.8 Å². The number of hydrogen-bond acceptors (Lipinski definition) is 13. The highest BCUT2D eigenvalue weighted by molar-refractivity contribution is 7.59. The second-order valence-corrected chi connectivity index (χ2v) is 22.0. The largest absolute Gasteiger partial charge is 0.469 e. The third kappa shape index (κ3) is 15.7. The summed E-state index contributed by atoms with van der Waals surface area (Å²) in [7, 11) is 5.55. The number of nitrogens with zero attached hydrogens (tertiary/aromatic N) is 5. The first kappa shape index (κ1) is 56.7. The van der Waals surface area contributed by atoms with Gasteiger partial charge in [-0.15, -0.1) is 0 Å². The fourth-order valence-corrected chi connectivity index (χ4v) is 10.6. The third-order valence-corrected chi connectivity index (χ3v) is 15.0. The molecule has 0 bridgehead atoms. The molecule has 0 aromatic heterocycles. The van der Waals surface area contributed by atoms with E-state index in [4.69, 9.17) is 14.2 Å². The Hall–Kier alpha value is -3.64. The molecule has 3 rings (SSSR count). The number of esters is 1. The van der Waals surface area contributed by atoms with Crippen molar-refractivity contribution in [1.29, 1.82) is 0 Å². The highest BCUT2D eigenvalue weighted by atomic mass is 31.2. The van der Waals surface area contributed by atoms with Crippen LogP contribution in [-0.4, -0.2) is 189 Å². The number of methoxy groups -OCH3 is 3. The first-order valence-corrected chi connectivity index (χ1v) is 25.3. The Morgan fingerprint density at radius 3 is 2.06 bits per heavy atom. The molecule has 0 spiro atoms. The molecule has 2 heterocycles. The number of amides is 4. The lowest BCUT2D eigenvalue weighted by Crippen LogP contribution is -2.65. The van der Waals surface area contributed by atoms with E-state index in [-0.39, 0.29) is 48.9 Å². The van der Waals surface area contributed by atoms with Gasteiger partial charge in [0.2, 0.25) is 25.1 Å². The second kappa shape index (κ2) is 25.6. The lowest BCUT2D eigenvalue weighted by atomic mass is 9.89. The predicted octanol–water partition coefficient (Wildman–Crippen LogP) is 4.05. The van der Waals surface area contributed by atoms with Crippen molar-refractivity contribution in [2.75, 3.05) is 81.4 Å². The molecule has 0 radical (unpaired) electrons. The minimum atomic E-state index is -4.30. The first-order valence-electron chi connectivity index (χ1n) is 23.4. The van der Waals surface area contributed by atoms with Crippen molar-refractivity contribution in [2.45, 2.75) is 136 Å². The fraction of sp³-hybridized carbons (Fsp3) is 0.766. The van der Waals surface area contributed by atoms with Crippen molar-refractivity contribution in [3.8, 4) is 0 Å². The van der Waals surface area contributed by atoms with Crippen LogP contribution in [0.25, 0.3) is 0 Å². The van der Waals surface area contributed by atoms with Gasteiger partial charge in [-0.3, -0.25) is 38.9 Å². The normalized spacial score (nSPS) is 20.7. The van der Waals surface area contributed by atoms with E-state index in [1.54, 1.807) is 60.0 Å². The van der Waals surface area contributed by atoms with Crippen molar-refractivity contribution in [1.82, 2.24) is 35.1 Å². The number of likely N-dealkylation sites (N-methyl/N-ethyl adjacent to an activating group) is 1. The zero-order chi connectivity index (χ0) is 49.7. The Kier molecular flexibility index (Phi) is 22.0. The van der Waals surface area contributed by atoms with Crippen molar-refractivity contribution < 1.29 is 52.4 Å². The Bertz CT molecular complexity index is 1770. The van der Waals surface area contributed by atoms with Crippen LogP contribution < -0.4 is 10.6 Å². The van der Waals surface area contributed by atoms with Gasteiger partial charge in [0.1, 0.15) is 23.8 Å². The molecule has 0 saturated carbocycles. The maximum atomic E-state index is 14.7. The van der Waals surface area contributed by atoms with Crippen LogP contribution in [0.5, 0.6) is 0 Å². The smallest absolute Gasteiger partial charge is 0.410 e. The van der Waals surface area contributed by atoms with Gasteiger partial charge in [0.25, 0.3) is 0 Å². The van der Waals surface area contributed by atoms with E-state index >= 15 is 0 Å². The van der Waals surface area contributed by atoms with E-state index in [2.05, 4.69) is 27.2 Å². The Morgan fingerprint density at radius 2 is 1.55 bits per heavy atom. The third-order valence-electron chi connectivity index (χ3n) is 13.0. The van der Waals surface area contributed by atoms with Crippen molar-refractivity contribution in [2.24, 2.45) is 17.8 Å². The van der Waals surface area contributed by atoms with Crippen molar-refractivity contribution in [3.05, 3.63) is 35.9 Å². The first-order chi connectivity index (χ1) is 30.9. The van der Waals surface area contributed by atoms with Crippen LogP contribution in [0.3, 0.4) is 0 Å². The summed E-state index contributed by atoms with van der Waals surface area (Å²) in [5.74, 6) is -4.06. The number of benzene rings is 1. The molecule has 3 N–H and O–H groups in total. The molecule has 1 aromatic carbocycles. The monoisotopic (exact) mass is 952 g/mol. The van der Waals surface area contributed by atoms with Crippen LogP contribution in [0.2, 0.25) is 0 Å². The zero-order valence-electron chi connectivity index (χ0n) is 42.2. The van der Waals surface area contributed by atoms with E-state index < -0.39 is 73.0 Å². The quantitative estimate of drug-likeness (QED) is 0.0807. The summed E-state index contributed by atoms with van der Waals surface area (Å²) in [6, 6.07) is 7.35. The van der Waals surface area contributed by atoms with Gasteiger partial charge >= 0.3 is 12.1 Å². The van der Waals surface area contributed by atoms with Crippen molar-refractivity contribution >= 4 is 37.2 Å². The van der Waals surface area contributed by atoms with Crippen LogP contribution in [0.1, 0.15) is 86.6 Å². The Morgan fingerprint density at radius 1 is 0.924 bits per heavy atom. The van der Waals surface area contributed by atoms with Crippen LogP contribution in [-0.2, 0) is 49.1 Å². The lowest BCUT2D eigenvalue weighted by Gasteiger charge is -2.45. The topological polar surface area (TPSA) is 200 Å². The van der Waals surface area contributed by atoms with Gasteiger partial charge in [0, 0.05) is 60.4 Å². The molecule has 19 heteroatoms. The minimum Gasteiger partial charge on any atom is -0.469 e. The number of likely N-dealkylation sites (tertiary alicyclic amines) is 1. The minimum absolute atomic E-state index is 0.00135. The fourth-order valence-electron chi connectivity index (χ4n) is 9.08. The van der Waals surface area contributed by atoms with E-state index in [9.17, 15) is 33.4 Å². The summed E-state index contributed by atoms with van der Waals surface area (Å²) in [5, 5.41) is 6.39. The molecule has 2 aliphatic rings. The molecule has 18 nitrogen and oxygen atoms in total. The average Bonchev–Trinajstić information content (AvgIpc) is 3.75. The highest BCUT2D eigenvalue weighted by Gasteiger charge is 2.45. The second-order valence-electron chi connectivity index (χ2n) is 19.5. The SMILES string of the molecule is CC[C@H](C)[C@@H]([C@@H](CC(=O)N1CCC[C@H]1[C@H](OC)[C@@H](C)C(=O)N[C@@H](Cc1ccccc1)P(=O)(O)CC(=O)OC)OC)N(C)C(=O)[C@@H](NC(N(C)C)N1CCN(C(=O)OC(C)(C)C)CC1)C(C)C. The van der Waals surface area contributed by atoms with E-state index in [0.717, 1.165) is 13.5 Å². The summed E-state index contributed by atoms with van der Waals surface area (Å²) in [6.07, 6.45) is -0.949. The molecular formula is C47H82N7O11P. The summed E-state index contributed by atoms with van der Waals surface area (Å²) in [5.41, 5.74) is 0.104. The van der Waals surface area contributed by atoms with Crippen LogP contribution >= 0.6 is 7.37 Å². The summed E-state index contributed by atoms with van der Waals surface area (Å²) < 4.78 is 36.0. The van der Waals surface area contributed by atoms with Gasteiger partial charge in [-0.05, 0) is 65.1 Å². The Balaban J connectivity index is 1.80. The molecular weight excluding hydrogens is 870 g/mol. The molecule has 0 aliphatic carbocycles. The molecule has 2 aliphatic heterocycles. The van der Waals surface area contributed by atoms with Gasteiger partial charge in [0.05, 0.1) is 49.8 Å². The maximum Gasteiger partial charge on any atom is 0.410 e. The van der Waals surface area contributed by atoms with Crippen LogP contribution in [0.4, 0.5) is 4.79 Å². The zero-order valence-corrected chi connectivity index (χ0v) is 43.0. The molecule has 2 saturated heterocycles. The summed E-state index contributed by atoms with van der Waals surface area (Å²) >= 11 is 0. The maximum absolute atomic E-state index is 14.7. The van der Waals surface area contributed by atoms with Gasteiger partial charge < -0.3 is 43.9 Å². The van der Waals surface area contributed by atoms with E-state index in [1.807, 2.05) is 66.6 Å². The molecule has 10 atom stereocenters. The molecule has 66 heavy (non-hydrogen) atoms. The number of rotatable bonds is 23. The number of hydrogen-bond donors (Lipinski definition) is 3. The average molecular weight is 952 g/mol. The number of nitrogens with one attached hydrogen (secondary N) is 2. The standard InChI is InChI=1S/C47H82N7O11P/c1-15-32(4)41(51(11)44(58)40(31(2)3)49-45(50(9)10)52-24-26-53(27-25-52)46(59)65-47(6,7)8)36(62-12)29-38(55)54-23-19-22-35(54)42(64-14)33(5)43(57)48-37(28-34-20-17-16-18-21-34)66(60,61)30-39(56)63-13/h16-18,20-21,31-33,35-37,40-42,45,49H,15,19,22-30H2,1-14H3,(H,48,57)(H,60,61)/t32-,33+,35-,36+,37+,40-,41-,42+,45?/m0/s1. The molecule has 2 unspecified atom stereocenters.